The molecule has 0 unspecified atom stereocenters. The maximum absolute atomic E-state index is 13.7. The van der Waals surface area contributed by atoms with Gasteiger partial charge >= 0.3 is 0 Å². The number of anilines is 1. The molecular weight excluding hydrogens is 358 g/mol. The number of aryl methyl sites for hydroxylation is 1. The van der Waals surface area contributed by atoms with Crippen LogP contribution in [0.4, 0.5) is 5.69 Å². The molecule has 3 aliphatic carbocycles. The second-order valence-corrected chi connectivity index (χ2v) is 8.26. The van der Waals surface area contributed by atoms with E-state index < -0.39 is 0 Å². The summed E-state index contributed by atoms with van der Waals surface area (Å²) < 4.78 is 0. The van der Waals surface area contributed by atoms with Crippen molar-refractivity contribution in [3.05, 3.63) is 101 Å². The maximum atomic E-state index is 13.7. The van der Waals surface area contributed by atoms with E-state index in [1.165, 1.54) is 27.2 Å². The van der Waals surface area contributed by atoms with Crippen molar-refractivity contribution in [2.24, 2.45) is 11.8 Å². The summed E-state index contributed by atoms with van der Waals surface area (Å²) in [7, 11) is 0. The van der Waals surface area contributed by atoms with Crippen LogP contribution in [0.15, 0.2) is 72.8 Å². The van der Waals surface area contributed by atoms with Crippen LogP contribution in [-0.2, 0) is 16.0 Å². The number of para-hydroxylation sites is 1. The Morgan fingerprint density at radius 1 is 0.655 bits per heavy atom. The fraction of sp³-hybridized carbons (Fsp3) is 0.231. The zero-order valence-electron chi connectivity index (χ0n) is 16.2. The predicted octanol–water partition coefficient (Wildman–Crippen LogP) is 4.65. The highest BCUT2D eigenvalue weighted by Crippen LogP contribution is 2.61. The summed E-state index contributed by atoms with van der Waals surface area (Å²) in [6, 6.07) is 24.5. The molecule has 2 bridgehead atoms. The first-order valence-corrected chi connectivity index (χ1v) is 10.4. The Kier molecular flexibility index (Phi) is 3.40. The summed E-state index contributed by atoms with van der Waals surface area (Å²) in [4.78, 5) is 29.0. The van der Waals surface area contributed by atoms with Gasteiger partial charge in [-0.2, -0.15) is 0 Å². The van der Waals surface area contributed by atoms with Crippen LogP contribution >= 0.6 is 0 Å². The summed E-state index contributed by atoms with van der Waals surface area (Å²) >= 11 is 0. The van der Waals surface area contributed by atoms with E-state index in [1.807, 2.05) is 48.5 Å². The van der Waals surface area contributed by atoms with E-state index in [4.69, 9.17) is 0 Å². The molecule has 0 spiro atoms. The van der Waals surface area contributed by atoms with E-state index in [0.29, 0.717) is 0 Å². The van der Waals surface area contributed by atoms with Crippen molar-refractivity contribution in [2.45, 2.75) is 25.2 Å². The number of nitrogens with zero attached hydrogens (tertiary/aromatic N) is 1. The molecule has 1 aliphatic heterocycles. The number of imide groups is 1. The van der Waals surface area contributed by atoms with Gasteiger partial charge in [-0.25, -0.2) is 4.90 Å². The number of rotatable bonds is 2. The van der Waals surface area contributed by atoms with Crippen LogP contribution in [0.2, 0.25) is 0 Å². The molecule has 3 aromatic carbocycles. The second-order valence-electron chi connectivity index (χ2n) is 8.26. The van der Waals surface area contributed by atoms with Crippen LogP contribution in [0, 0.1) is 11.8 Å². The number of hydrogen-bond acceptors (Lipinski definition) is 2. The van der Waals surface area contributed by atoms with Gasteiger partial charge in [-0.1, -0.05) is 73.7 Å². The number of amides is 2. The molecule has 1 fully saturated rings. The number of benzene rings is 3. The van der Waals surface area contributed by atoms with E-state index in [0.717, 1.165) is 17.7 Å². The van der Waals surface area contributed by atoms with Gasteiger partial charge in [0.2, 0.25) is 11.8 Å². The minimum Gasteiger partial charge on any atom is -0.274 e. The molecule has 7 rings (SSSR count). The Balaban J connectivity index is 1.58. The Hall–Kier alpha value is -3.20. The van der Waals surface area contributed by atoms with Gasteiger partial charge in [0, 0.05) is 11.8 Å². The fourth-order valence-corrected chi connectivity index (χ4v) is 5.94. The monoisotopic (exact) mass is 379 g/mol. The first-order chi connectivity index (χ1) is 14.2. The molecule has 0 N–H and O–H groups in total. The molecule has 3 nitrogen and oxygen atoms in total. The normalized spacial score (nSPS) is 26.3. The van der Waals surface area contributed by atoms with Crippen molar-refractivity contribution in [2.75, 3.05) is 4.90 Å². The quantitative estimate of drug-likeness (QED) is 0.608. The highest BCUT2D eigenvalue weighted by Gasteiger charge is 2.61. The Bertz CT molecular complexity index is 1070. The minimum atomic E-state index is -0.317. The molecule has 2 amide bonds. The molecule has 0 aromatic heterocycles. The van der Waals surface area contributed by atoms with Crippen LogP contribution in [-0.4, -0.2) is 11.8 Å². The van der Waals surface area contributed by atoms with Crippen LogP contribution in [0.1, 0.15) is 46.6 Å². The van der Waals surface area contributed by atoms with Crippen molar-refractivity contribution in [1.29, 1.82) is 0 Å². The summed E-state index contributed by atoms with van der Waals surface area (Å²) in [6.07, 6.45) is 0.788. The van der Waals surface area contributed by atoms with Crippen molar-refractivity contribution < 1.29 is 9.59 Å². The van der Waals surface area contributed by atoms with Gasteiger partial charge in [0.25, 0.3) is 0 Å². The Morgan fingerprint density at radius 2 is 1.07 bits per heavy atom. The summed E-state index contributed by atoms with van der Waals surface area (Å²) in [5, 5.41) is 0. The molecule has 29 heavy (non-hydrogen) atoms. The third kappa shape index (κ3) is 2.02. The van der Waals surface area contributed by atoms with Gasteiger partial charge in [0.15, 0.2) is 0 Å². The van der Waals surface area contributed by atoms with Gasteiger partial charge in [0.05, 0.1) is 17.5 Å². The lowest BCUT2D eigenvalue weighted by Gasteiger charge is -2.45. The summed E-state index contributed by atoms with van der Waals surface area (Å²) in [5.74, 6) is -0.815. The van der Waals surface area contributed by atoms with Gasteiger partial charge < -0.3 is 0 Å². The van der Waals surface area contributed by atoms with Crippen molar-refractivity contribution in [1.82, 2.24) is 0 Å². The lowest BCUT2D eigenvalue weighted by molar-refractivity contribution is -0.122. The maximum Gasteiger partial charge on any atom is 0.238 e. The van der Waals surface area contributed by atoms with Gasteiger partial charge in [-0.05, 0) is 40.3 Å². The highest BCUT2D eigenvalue weighted by molar-refractivity contribution is 6.23. The Labute approximate surface area is 170 Å². The van der Waals surface area contributed by atoms with Gasteiger partial charge in [-0.15, -0.1) is 0 Å². The summed E-state index contributed by atoms with van der Waals surface area (Å²) in [5.41, 5.74) is 6.64. The second kappa shape index (κ2) is 5.90. The van der Waals surface area contributed by atoms with Gasteiger partial charge in [0.1, 0.15) is 0 Å². The standard InChI is InChI=1S/C26H21NO2/c1-2-15-9-3-8-14-20(15)27-25(28)23-21-16-10-4-5-11-17(16)22(24(23)26(27)29)19-13-7-6-12-18(19)21/h3-14,21-24H,2H2,1H3/t21?,22?,23-,24+. The number of carbonyl (C=O) groups is 2. The molecule has 4 aliphatic rings. The number of carbonyl (C=O) groups excluding carboxylic acids is 2. The smallest absolute Gasteiger partial charge is 0.238 e. The van der Waals surface area contributed by atoms with E-state index >= 15 is 0 Å². The molecule has 1 heterocycles. The van der Waals surface area contributed by atoms with Crippen LogP contribution in [0.5, 0.6) is 0 Å². The average Bonchev–Trinajstić information content (AvgIpc) is 3.04. The molecule has 1 saturated heterocycles. The van der Waals surface area contributed by atoms with Crippen molar-refractivity contribution in [3.63, 3.8) is 0 Å². The molecular formula is C26H21NO2. The molecule has 142 valence electrons. The third-order valence-corrected chi connectivity index (χ3v) is 7.06. The van der Waals surface area contributed by atoms with E-state index in [9.17, 15) is 9.59 Å². The van der Waals surface area contributed by atoms with Crippen molar-refractivity contribution in [3.8, 4) is 0 Å². The topological polar surface area (TPSA) is 37.4 Å². The minimum absolute atomic E-state index is 0.0418. The van der Waals surface area contributed by atoms with Gasteiger partial charge in [-0.3, -0.25) is 9.59 Å². The van der Waals surface area contributed by atoms with Crippen molar-refractivity contribution >= 4 is 17.5 Å². The third-order valence-electron chi connectivity index (χ3n) is 7.06. The molecule has 0 radical (unpaired) electrons. The van der Waals surface area contributed by atoms with Crippen LogP contribution in [0.3, 0.4) is 0 Å². The SMILES string of the molecule is CCc1ccccc1N1C(=O)[C@@H]2C3c4ccccc4C(c4ccccc43)[C@@H]2C1=O. The zero-order valence-corrected chi connectivity index (χ0v) is 16.2. The van der Waals surface area contributed by atoms with E-state index in [1.54, 1.807) is 0 Å². The number of hydrogen-bond donors (Lipinski definition) is 0. The first-order valence-electron chi connectivity index (χ1n) is 10.4. The van der Waals surface area contributed by atoms with Crippen LogP contribution in [0.25, 0.3) is 0 Å². The largest absolute Gasteiger partial charge is 0.274 e. The lowest BCUT2D eigenvalue weighted by atomic mass is 9.55. The predicted molar refractivity (Wildman–Crippen MR) is 112 cm³/mol. The first kappa shape index (κ1) is 16.7. The average molecular weight is 379 g/mol. The summed E-state index contributed by atoms with van der Waals surface area (Å²) in [6.45, 7) is 2.06. The molecule has 0 saturated carbocycles. The van der Waals surface area contributed by atoms with Crippen LogP contribution < -0.4 is 4.90 Å². The van der Waals surface area contributed by atoms with E-state index in [2.05, 4.69) is 31.2 Å². The Morgan fingerprint density at radius 3 is 1.52 bits per heavy atom. The zero-order chi connectivity index (χ0) is 19.7. The highest BCUT2D eigenvalue weighted by atomic mass is 16.2. The molecule has 3 aromatic rings. The molecule has 2 atom stereocenters. The lowest BCUT2D eigenvalue weighted by Crippen LogP contribution is -2.41. The van der Waals surface area contributed by atoms with E-state index in [-0.39, 0.29) is 35.5 Å². The molecule has 3 heteroatoms. The fourth-order valence-electron chi connectivity index (χ4n) is 5.94.